The molecule has 0 aromatic heterocycles. The van der Waals surface area contributed by atoms with E-state index < -0.39 is 0 Å². The maximum Gasteiger partial charge on any atom is 0.222 e. The molecule has 1 aromatic carbocycles. The lowest BCUT2D eigenvalue weighted by molar-refractivity contribution is -0.121. The number of halogens is 2. The smallest absolute Gasteiger partial charge is 0.222 e. The van der Waals surface area contributed by atoms with E-state index in [0.29, 0.717) is 19.0 Å². The van der Waals surface area contributed by atoms with Crippen LogP contribution in [0, 0.1) is 0 Å². The summed E-state index contributed by atoms with van der Waals surface area (Å²) in [4.78, 5) is 18.8. The third-order valence-electron chi connectivity index (χ3n) is 4.69. The Morgan fingerprint density at radius 2 is 2.04 bits per heavy atom. The number of nitrogens with one attached hydrogen (secondary N) is 3. The molecule has 3 N–H and O–H groups in total. The maximum atomic E-state index is 11.9. The predicted octanol–water partition coefficient (Wildman–Crippen LogP) is 3.51. The second-order valence-electron chi connectivity index (χ2n) is 6.94. The summed E-state index contributed by atoms with van der Waals surface area (Å²) in [5, 5.41) is 9.77. The first-order valence-electron chi connectivity index (χ1n) is 9.86. The van der Waals surface area contributed by atoms with Gasteiger partial charge in [0.2, 0.25) is 5.91 Å². The summed E-state index contributed by atoms with van der Waals surface area (Å²) in [6, 6.07) is 9.00. The maximum absolute atomic E-state index is 11.9. The lowest BCUT2D eigenvalue weighted by Crippen LogP contribution is -2.44. The number of benzene rings is 1. The standard InChI is InChI=1S/C20H32BrN5O.HI/c1-4-15(3)24-19(27)10-12-23-20(22-5-2)25-17-11-13-26(14-17)18-8-6-16(21)7-9-18;/h6-9,15,17H,4-5,10-14H2,1-3H3,(H,24,27)(H2,22,23,25);1H. The van der Waals surface area contributed by atoms with Gasteiger partial charge in [0.05, 0.1) is 6.54 Å². The first-order chi connectivity index (χ1) is 13.0. The van der Waals surface area contributed by atoms with Gasteiger partial charge in [-0.05, 0) is 51.0 Å². The van der Waals surface area contributed by atoms with E-state index in [1.807, 2.05) is 6.92 Å². The minimum absolute atomic E-state index is 0. The molecule has 0 spiro atoms. The zero-order valence-electron chi connectivity index (χ0n) is 17.0. The van der Waals surface area contributed by atoms with Crippen molar-refractivity contribution in [3.8, 4) is 0 Å². The van der Waals surface area contributed by atoms with Crippen molar-refractivity contribution in [1.82, 2.24) is 16.0 Å². The van der Waals surface area contributed by atoms with E-state index in [1.54, 1.807) is 0 Å². The Morgan fingerprint density at radius 3 is 2.68 bits per heavy atom. The van der Waals surface area contributed by atoms with Gasteiger partial charge in [0.1, 0.15) is 0 Å². The molecule has 1 heterocycles. The second-order valence-corrected chi connectivity index (χ2v) is 7.86. The highest BCUT2D eigenvalue weighted by molar-refractivity contribution is 14.0. The third-order valence-corrected chi connectivity index (χ3v) is 5.22. The molecule has 28 heavy (non-hydrogen) atoms. The number of anilines is 1. The molecule has 1 aliphatic rings. The van der Waals surface area contributed by atoms with E-state index in [9.17, 15) is 4.79 Å². The molecule has 1 fully saturated rings. The largest absolute Gasteiger partial charge is 0.369 e. The van der Waals surface area contributed by atoms with Gasteiger partial charge in [-0.2, -0.15) is 0 Å². The number of nitrogens with zero attached hydrogens (tertiary/aromatic N) is 2. The van der Waals surface area contributed by atoms with Crippen molar-refractivity contribution in [3.63, 3.8) is 0 Å². The van der Waals surface area contributed by atoms with Crippen LogP contribution in [0.25, 0.3) is 0 Å². The summed E-state index contributed by atoms with van der Waals surface area (Å²) in [5.74, 6) is 0.850. The number of hydrogen-bond donors (Lipinski definition) is 3. The Kier molecular flexibility index (Phi) is 11.8. The number of aliphatic imine (C=N–C) groups is 1. The van der Waals surface area contributed by atoms with Crippen LogP contribution < -0.4 is 20.9 Å². The molecule has 1 amide bonds. The Morgan fingerprint density at radius 1 is 1.32 bits per heavy atom. The number of hydrogen-bond acceptors (Lipinski definition) is 3. The third kappa shape index (κ3) is 8.55. The average Bonchev–Trinajstić information content (AvgIpc) is 3.10. The highest BCUT2D eigenvalue weighted by Gasteiger charge is 2.23. The van der Waals surface area contributed by atoms with Crippen LogP contribution in [-0.4, -0.2) is 50.1 Å². The summed E-state index contributed by atoms with van der Waals surface area (Å²) in [5.41, 5.74) is 1.24. The molecule has 8 heteroatoms. The van der Waals surface area contributed by atoms with E-state index in [4.69, 9.17) is 0 Å². The molecule has 2 atom stereocenters. The van der Waals surface area contributed by atoms with Gasteiger partial charge >= 0.3 is 0 Å². The van der Waals surface area contributed by atoms with Gasteiger partial charge in [0.25, 0.3) is 0 Å². The van der Waals surface area contributed by atoms with Crippen molar-refractivity contribution in [1.29, 1.82) is 0 Å². The lowest BCUT2D eigenvalue weighted by Gasteiger charge is -2.20. The van der Waals surface area contributed by atoms with E-state index >= 15 is 0 Å². The van der Waals surface area contributed by atoms with Gasteiger partial charge in [0.15, 0.2) is 5.96 Å². The van der Waals surface area contributed by atoms with Gasteiger partial charge in [-0.1, -0.05) is 22.9 Å². The van der Waals surface area contributed by atoms with Crippen LogP contribution in [0.3, 0.4) is 0 Å². The molecule has 2 rings (SSSR count). The van der Waals surface area contributed by atoms with Gasteiger partial charge in [0, 0.05) is 48.3 Å². The molecule has 0 radical (unpaired) electrons. The molecular formula is C20H33BrIN5O. The van der Waals surface area contributed by atoms with Gasteiger partial charge < -0.3 is 20.9 Å². The van der Waals surface area contributed by atoms with Gasteiger partial charge in [-0.3, -0.25) is 9.79 Å². The quantitative estimate of drug-likeness (QED) is 0.256. The Labute approximate surface area is 194 Å². The van der Waals surface area contributed by atoms with Crippen LogP contribution in [0.4, 0.5) is 5.69 Å². The van der Waals surface area contributed by atoms with E-state index in [-0.39, 0.29) is 35.9 Å². The van der Waals surface area contributed by atoms with Crippen LogP contribution in [-0.2, 0) is 4.79 Å². The molecule has 2 unspecified atom stereocenters. The minimum Gasteiger partial charge on any atom is -0.369 e. The van der Waals surface area contributed by atoms with E-state index in [1.165, 1.54) is 5.69 Å². The number of amides is 1. The molecule has 1 aliphatic heterocycles. The number of guanidine groups is 1. The fraction of sp³-hybridized carbons (Fsp3) is 0.600. The molecule has 1 aromatic rings. The first-order valence-corrected chi connectivity index (χ1v) is 10.7. The summed E-state index contributed by atoms with van der Waals surface area (Å²) >= 11 is 3.48. The van der Waals surface area contributed by atoms with Crippen molar-refractivity contribution in [2.45, 2.75) is 52.1 Å². The predicted molar refractivity (Wildman–Crippen MR) is 132 cm³/mol. The van der Waals surface area contributed by atoms with Crippen molar-refractivity contribution in [2.75, 3.05) is 31.1 Å². The molecule has 1 saturated heterocycles. The van der Waals surface area contributed by atoms with Crippen molar-refractivity contribution in [2.24, 2.45) is 4.99 Å². The highest BCUT2D eigenvalue weighted by atomic mass is 127. The van der Waals surface area contributed by atoms with Crippen molar-refractivity contribution < 1.29 is 4.79 Å². The monoisotopic (exact) mass is 565 g/mol. The normalized spacial score (nSPS) is 17.6. The molecular weight excluding hydrogens is 533 g/mol. The molecule has 0 saturated carbocycles. The Hall–Kier alpha value is -1.03. The number of rotatable bonds is 8. The van der Waals surface area contributed by atoms with Crippen LogP contribution >= 0.6 is 39.9 Å². The van der Waals surface area contributed by atoms with E-state index in [2.05, 4.69) is 79.9 Å². The summed E-state index contributed by atoms with van der Waals surface area (Å²) < 4.78 is 1.10. The fourth-order valence-corrected chi connectivity index (χ4v) is 3.26. The second kappa shape index (κ2) is 13.2. The Bertz CT molecular complexity index is 626. The Balaban J connectivity index is 0.00000392. The fourth-order valence-electron chi connectivity index (χ4n) is 3.00. The zero-order valence-corrected chi connectivity index (χ0v) is 20.9. The van der Waals surface area contributed by atoms with Crippen LogP contribution in [0.15, 0.2) is 33.7 Å². The van der Waals surface area contributed by atoms with Crippen molar-refractivity contribution >= 4 is 57.5 Å². The highest BCUT2D eigenvalue weighted by Crippen LogP contribution is 2.22. The zero-order chi connectivity index (χ0) is 19.6. The summed E-state index contributed by atoms with van der Waals surface area (Å²) in [6.45, 7) is 9.39. The van der Waals surface area contributed by atoms with Crippen LogP contribution in [0.5, 0.6) is 0 Å². The summed E-state index contributed by atoms with van der Waals surface area (Å²) in [6.07, 6.45) is 2.42. The topological polar surface area (TPSA) is 68.8 Å². The summed E-state index contributed by atoms with van der Waals surface area (Å²) in [7, 11) is 0. The van der Waals surface area contributed by atoms with Gasteiger partial charge in [-0.25, -0.2) is 0 Å². The molecule has 158 valence electrons. The average molecular weight is 566 g/mol. The molecule has 0 aliphatic carbocycles. The van der Waals surface area contributed by atoms with Crippen LogP contribution in [0.2, 0.25) is 0 Å². The number of carbonyl (C=O) groups is 1. The molecule has 0 bridgehead atoms. The van der Waals surface area contributed by atoms with Crippen molar-refractivity contribution in [3.05, 3.63) is 28.7 Å². The minimum atomic E-state index is 0. The van der Waals surface area contributed by atoms with E-state index in [0.717, 1.165) is 42.9 Å². The first kappa shape index (κ1) is 25.0. The number of carbonyl (C=O) groups excluding carboxylic acids is 1. The SMILES string of the molecule is CCNC(=NCCC(=O)NC(C)CC)NC1CCN(c2ccc(Br)cc2)C1.I. The molecule has 6 nitrogen and oxygen atoms in total. The lowest BCUT2D eigenvalue weighted by atomic mass is 10.2. The van der Waals surface area contributed by atoms with Gasteiger partial charge in [-0.15, -0.1) is 24.0 Å². The van der Waals surface area contributed by atoms with Crippen LogP contribution in [0.1, 0.15) is 40.0 Å².